The van der Waals surface area contributed by atoms with E-state index in [1.807, 2.05) is 83.7 Å². The SMILES string of the molecule is C[C@H](c1ccccc1)N1C[C@@H](C(=O)Nc2ccc(-c3cn4ccsc4n3)cc2)CC1=O. The van der Waals surface area contributed by atoms with Crippen molar-refractivity contribution in [2.24, 2.45) is 5.92 Å². The standard InChI is InChI=1S/C24H22N4O2S/c1-16(17-5-3-2-4-6-17)28-14-19(13-22(28)29)23(30)25-20-9-7-18(8-10-20)21-15-27-11-12-31-24(27)26-21/h2-12,15-16,19H,13-14H2,1H3,(H,25,30)/t16-,19+/m1/s1. The molecule has 0 radical (unpaired) electrons. The summed E-state index contributed by atoms with van der Waals surface area (Å²) in [4.78, 5) is 32.7. The zero-order valence-electron chi connectivity index (χ0n) is 17.1. The van der Waals surface area contributed by atoms with Gasteiger partial charge in [-0.1, -0.05) is 42.5 Å². The Labute approximate surface area is 184 Å². The minimum Gasteiger partial charge on any atom is -0.335 e. The topological polar surface area (TPSA) is 66.7 Å². The van der Waals surface area contributed by atoms with E-state index in [0.717, 1.165) is 27.5 Å². The third-order valence-corrected chi connectivity index (χ3v) is 6.59. The third-order valence-electron chi connectivity index (χ3n) is 5.82. The van der Waals surface area contributed by atoms with Gasteiger partial charge in [0.2, 0.25) is 11.8 Å². The van der Waals surface area contributed by atoms with Crippen LogP contribution in [-0.4, -0.2) is 32.6 Å². The van der Waals surface area contributed by atoms with Gasteiger partial charge >= 0.3 is 0 Å². The van der Waals surface area contributed by atoms with E-state index in [2.05, 4.69) is 10.3 Å². The Morgan fingerprint density at radius 1 is 1.16 bits per heavy atom. The highest BCUT2D eigenvalue weighted by molar-refractivity contribution is 7.15. The second-order valence-corrected chi connectivity index (χ2v) is 8.69. The lowest BCUT2D eigenvalue weighted by atomic mass is 10.1. The predicted molar refractivity (Wildman–Crippen MR) is 122 cm³/mol. The summed E-state index contributed by atoms with van der Waals surface area (Å²) in [6.07, 6.45) is 4.22. The molecule has 156 valence electrons. The Balaban J connectivity index is 1.24. The zero-order chi connectivity index (χ0) is 21.4. The molecule has 6 nitrogen and oxygen atoms in total. The number of rotatable bonds is 5. The molecule has 1 aliphatic rings. The van der Waals surface area contributed by atoms with Crippen molar-refractivity contribution >= 4 is 33.8 Å². The normalized spacial score (nSPS) is 17.3. The number of imidazole rings is 1. The van der Waals surface area contributed by atoms with Crippen LogP contribution in [0.1, 0.15) is 24.9 Å². The van der Waals surface area contributed by atoms with Crippen LogP contribution < -0.4 is 5.32 Å². The Kier molecular flexibility index (Phi) is 5.03. The minimum absolute atomic E-state index is 0.0200. The molecule has 0 unspecified atom stereocenters. The van der Waals surface area contributed by atoms with Gasteiger partial charge in [-0.15, -0.1) is 11.3 Å². The summed E-state index contributed by atoms with van der Waals surface area (Å²) in [6, 6.07) is 17.5. The van der Waals surface area contributed by atoms with Gasteiger partial charge in [-0.3, -0.25) is 14.0 Å². The lowest BCUT2D eigenvalue weighted by molar-refractivity contribution is -0.129. The molecule has 1 aliphatic heterocycles. The number of thiazole rings is 1. The molecule has 0 aliphatic carbocycles. The summed E-state index contributed by atoms with van der Waals surface area (Å²) in [5.41, 5.74) is 3.69. The number of nitrogens with one attached hydrogen (secondary N) is 1. The van der Waals surface area contributed by atoms with Gasteiger partial charge in [-0.2, -0.15) is 0 Å². The van der Waals surface area contributed by atoms with Gasteiger partial charge < -0.3 is 10.2 Å². The monoisotopic (exact) mass is 430 g/mol. The lowest BCUT2D eigenvalue weighted by Gasteiger charge is -2.25. The minimum atomic E-state index is -0.349. The van der Waals surface area contributed by atoms with Crippen molar-refractivity contribution in [2.45, 2.75) is 19.4 Å². The first-order valence-electron chi connectivity index (χ1n) is 10.3. The smallest absolute Gasteiger partial charge is 0.229 e. The van der Waals surface area contributed by atoms with Crippen molar-refractivity contribution in [2.75, 3.05) is 11.9 Å². The van der Waals surface area contributed by atoms with Crippen molar-refractivity contribution < 1.29 is 9.59 Å². The first-order chi connectivity index (χ1) is 15.1. The van der Waals surface area contributed by atoms with Crippen LogP contribution in [0.15, 0.2) is 72.4 Å². The summed E-state index contributed by atoms with van der Waals surface area (Å²) < 4.78 is 2.00. The van der Waals surface area contributed by atoms with Crippen molar-refractivity contribution in [3.63, 3.8) is 0 Å². The largest absolute Gasteiger partial charge is 0.335 e. The van der Waals surface area contributed by atoms with E-state index in [-0.39, 0.29) is 30.2 Å². The van der Waals surface area contributed by atoms with E-state index >= 15 is 0 Å². The van der Waals surface area contributed by atoms with E-state index in [1.54, 1.807) is 16.2 Å². The number of hydrogen-bond acceptors (Lipinski definition) is 4. The van der Waals surface area contributed by atoms with Crippen molar-refractivity contribution in [1.29, 1.82) is 0 Å². The fraction of sp³-hybridized carbons (Fsp3) is 0.208. The molecule has 1 fully saturated rings. The molecule has 4 aromatic rings. The average Bonchev–Trinajstić information content (AvgIpc) is 3.49. The number of anilines is 1. The number of fused-ring (bicyclic) bond motifs is 1. The van der Waals surface area contributed by atoms with Crippen LogP contribution in [-0.2, 0) is 9.59 Å². The molecular weight excluding hydrogens is 408 g/mol. The Morgan fingerprint density at radius 2 is 1.94 bits per heavy atom. The average molecular weight is 431 g/mol. The van der Waals surface area contributed by atoms with E-state index in [1.165, 1.54) is 0 Å². The summed E-state index contributed by atoms with van der Waals surface area (Å²) in [7, 11) is 0. The number of aromatic nitrogens is 2. The number of nitrogens with zero attached hydrogens (tertiary/aromatic N) is 3. The molecule has 2 atom stereocenters. The van der Waals surface area contributed by atoms with Gasteiger partial charge in [0.25, 0.3) is 0 Å². The molecule has 0 bridgehead atoms. The van der Waals surface area contributed by atoms with E-state index in [4.69, 9.17) is 0 Å². The summed E-state index contributed by atoms with van der Waals surface area (Å²) >= 11 is 1.59. The van der Waals surface area contributed by atoms with Crippen LogP contribution in [0.4, 0.5) is 5.69 Å². The van der Waals surface area contributed by atoms with Crippen molar-refractivity contribution in [3.8, 4) is 11.3 Å². The zero-order valence-corrected chi connectivity index (χ0v) is 17.9. The lowest BCUT2D eigenvalue weighted by Crippen LogP contribution is -2.30. The first kappa shape index (κ1) is 19.5. The second-order valence-electron chi connectivity index (χ2n) is 7.82. The Bertz CT molecular complexity index is 1200. The van der Waals surface area contributed by atoms with E-state index < -0.39 is 0 Å². The molecule has 1 N–H and O–H groups in total. The molecule has 3 heterocycles. The van der Waals surface area contributed by atoms with Gasteiger partial charge in [-0.05, 0) is 24.6 Å². The third kappa shape index (κ3) is 3.84. The number of benzene rings is 2. The number of amides is 2. The van der Waals surface area contributed by atoms with Gasteiger partial charge in [0.1, 0.15) is 0 Å². The van der Waals surface area contributed by atoms with Crippen LogP contribution in [0.2, 0.25) is 0 Å². The van der Waals surface area contributed by atoms with Gasteiger partial charge in [0.05, 0.1) is 17.7 Å². The van der Waals surface area contributed by atoms with Crippen LogP contribution in [0.5, 0.6) is 0 Å². The molecule has 31 heavy (non-hydrogen) atoms. The molecule has 2 amide bonds. The number of hydrogen-bond donors (Lipinski definition) is 1. The number of carbonyl (C=O) groups is 2. The predicted octanol–water partition coefficient (Wildman–Crippen LogP) is 4.61. The molecule has 2 aromatic heterocycles. The van der Waals surface area contributed by atoms with Crippen molar-refractivity contribution in [3.05, 3.63) is 77.9 Å². The maximum Gasteiger partial charge on any atom is 0.229 e. The van der Waals surface area contributed by atoms with Crippen LogP contribution >= 0.6 is 11.3 Å². The number of likely N-dealkylation sites (tertiary alicyclic amines) is 1. The van der Waals surface area contributed by atoms with E-state index in [0.29, 0.717) is 6.54 Å². The molecule has 7 heteroatoms. The highest BCUT2D eigenvalue weighted by atomic mass is 32.1. The molecule has 0 saturated carbocycles. The van der Waals surface area contributed by atoms with Gasteiger partial charge in [-0.25, -0.2) is 4.98 Å². The number of carbonyl (C=O) groups excluding carboxylic acids is 2. The molecular formula is C24H22N4O2S. The summed E-state index contributed by atoms with van der Waals surface area (Å²) in [5, 5.41) is 4.96. The van der Waals surface area contributed by atoms with Crippen LogP contribution in [0.25, 0.3) is 16.2 Å². The second kappa shape index (κ2) is 8.00. The van der Waals surface area contributed by atoms with Crippen molar-refractivity contribution in [1.82, 2.24) is 14.3 Å². The molecule has 2 aromatic carbocycles. The maximum atomic E-state index is 12.8. The summed E-state index contributed by atoms with van der Waals surface area (Å²) in [5.74, 6) is -0.448. The van der Waals surface area contributed by atoms with Gasteiger partial charge in [0, 0.05) is 42.0 Å². The highest BCUT2D eigenvalue weighted by Gasteiger charge is 2.37. The molecule has 1 saturated heterocycles. The first-order valence-corrected chi connectivity index (χ1v) is 11.1. The fourth-order valence-electron chi connectivity index (χ4n) is 4.03. The Hall–Kier alpha value is -3.45. The maximum absolute atomic E-state index is 12.8. The fourth-order valence-corrected chi connectivity index (χ4v) is 4.73. The molecule has 0 spiro atoms. The summed E-state index contributed by atoms with van der Waals surface area (Å²) in [6.45, 7) is 2.44. The highest BCUT2D eigenvalue weighted by Crippen LogP contribution is 2.29. The quantitative estimate of drug-likeness (QED) is 0.503. The van der Waals surface area contributed by atoms with Gasteiger partial charge in [0.15, 0.2) is 4.96 Å². The molecule has 5 rings (SSSR count). The van der Waals surface area contributed by atoms with Crippen LogP contribution in [0.3, 0.4) is 0 Å². The van der Waals surface area contributed by atoms with E-state index in [9.17, 15) is 9.59 Å². The Morgan fingerprint density at radius 3 is 2.68 bits per heavy atom. The van der Waals surface area contributed by atoms with Crippen LogP contribution in [0, 0.1) is 5.92 Å².